The van der Waals surface area contributed by atoms with E-state index in [0.29, 0.717) is 6.42 Å². The fraction of sp³-hybridized carbons (Fsp3) is 0.400. The Balaban J connectivity index is 1.97. The van der Waals surface area contributed by atoms with Gasteiger partial charge in [0.25, 0.3) is 0 Å². The third-order valence-corrected chi connectivity index (χ3v) is 7.03. The molecule has 0 amide bonds. The van der Waals surface area contributed by atoms with E-state index < -0.39 is 17.3 Å². The fourth-order valence-electron chi connectivity index (χ4n) is 3.57. The molecular formula is C25H28F3NS. The fourth-order valence-corrected chi connectivity index (χ4v) is 4.62. The highest BCUT2D eigenvalue weighted by molar-refractivity contribution is 8.06. The van der Waals surface area contributed by atoms with Crippen LogP contribution in [0, 0.1) is 5.92 Å². The van der Waals surface area contributed by atoms with Crippen LogP contribution in [0.4, 0.5) is 13.2 Å². The Morgan fingerprint density at radius 2 is 1.87 bits per heavy atom. The van der Waals surface area contributed by atoms with Crippen LogP contribution in [0.15, 0.2) is 75.9 Å². The lowest BCUT2D eigenvalue weighted by atomic mass is 9.93. The number of thioether (sulfide) groups is 1. The zero-order valence-corrected chi connectivity index (χ0v) is 18.5. The maximum Gasteiger partial charge on any atom is 0.412 e. The molecule has 1 fully saturated rings. The number of allylic oxidation sites excluding steroid dienone is 4. The van der Waals surface area contributed by atoms with Crippen LogP contribution in [0.5, 0.6) is 0 Å². The van der Waals surface area contributed by atoms with Crippen molar-refractivity contribution in [3.8, 4) is 0 Å². The lowest BCUT2D eigenvalue weighted by Gasteiger charge is -2.27. The molecule has 3 rings (SSSR count). The zero-order chi connectivity index (χ0) is 21.9. The van der Waals surface area contributed by atoms with Gasteiger partial charge in [-0.2, -0.15) is 13.2 Å². The number of rotatable bonds is 7. The van der Waals surface area contributed by atoms with E-state index in [1.54, 1.807) is 11.8 Å². The number of benzene rings is 1. The molecule has 0 aliphatic heterocycles. The van der Waals surface area contributed by atoms with Gasteiger partial charge in [-0.3, -0.25) is 0 Å². The van der Waals surface area contributed by atoms with Gasteiger partial charge in [-0.1, -0.05) is 68.6 Å². The summed E-state index contributed by atoms with van der Waals surface area (Å²) in [5, 5.41) is 4.59. The van der Waals surface area contributed by atoms with E-state index in [1.807, 2.05) is 43.3 Å². The van der Waals surface area contributed by atoms with Gasteiger partial charge in [-0.05, 0) is 61.3 Å². The minimum atomic E-state index is -4.26. The second kappa shape index (κ2) is 8.95. The Bertz CT molecular complexity index is 925. The first-order valence-electron chi connectivity index (χ1n) is 10.3. The Morgan fingerprint density at radius 1 is 1.20 bits per heavy atom. The molecule has 1 saturated carbocycles. The van der Waals surface area contributed by atoms with E-state index in [0.717, 1.165) is 39.5 Å². The van der Waals surface area contributed by atoms with Gasteiger partial charge in [-0.15, -0.1) is 5.73 Å². The standard InChI is InChI=1S/C25H28F3NS/c1-5-22(17(2)3)30-23(18(4)19-10-7-6-8-11-19)29-24(14-15-24)20-12-9-13-21(16-20)25(26,27)28/h6-8,10-12,16-17,29H,1,9,13-15H2,2-4H3/b23-18+. The largest absolute Gasteiger partial charge is 0.412 e. The predicted octanol–water partition coefficient (Wildman–Crippen LogP) is 7.76. The number of hydrogen-bond acceptors (Lipinski definition) is 2. The quantitative estimate of drug-likeness (QED) is 0.443. The van der Waals surface area contributed by atoms with Crippen LogP contribution in [0.3, 0.4) is 0 Å². The molecule has 30 heavy (non-hydrogen) atoms. The Labute approximate surface area is 181 Å². The van der Waals surface area contributed by atoms with E-state index in [2.05, 4.69) is 31.5 Å². The summed E-state index contributed by atoms with van der Waals surface area (Å²) < 4.78 is 39.9. The van der Waals surface area contributed by atoms with Crippen molar-refractivity contribution in [1.29, 1.82) is 0 Å². The number of hydrogen-bond donors (Lipinski definition) is 1. The van der Waals surface area contributed by atoms with E-state index in [-0.39, 0.29) is 12.3 Å². The molecule has 160 valence electrons. The average molecular weight is 432 g/mol. The normalized spacial score (nSPS) is 18.8. The molecule has 0 spiro atoms. The molecule has 0 unspecified atom stereocenters. The maximum absolute atomic E-state index is 13.3. The number of nitrogens with one attached hydrogen (secondary N) is 1. The van der Waals surface area contributed by atoms with Crippen LogP contribution < -0.4 is 5.32 Å². The van der Waals surface area contributed by atoms with Crippen molar-refractivity contribution in [1.82, 2.24) is 5.32 Å². The highest BCUT2D eigenvalue weighted by atomic mass is 32.2. The second-order valence-corrected chi connectivity index (χ2v) is 9.24. The van der Waals surface area contributed by atoms with Crippen LogP contribution in [0.25, 0.3) is 5.57 Å². The van der Waals surface area contributed by atoms with E-state index in [9.17, 15) is 13.2 Å². The molecule has 2 aliphatic carbocycles. The van der Waals surface area contributed by atoms with Crippen LogP contribution in [-0.2, 0) is 0 Å². The highest BCUT2D eigenvalue weighted by Crippen LogP contribution is 2.49. The smallest absolute Gasteiger partial charge is 0.370 e. The van der Waals surface area contributed by atoms with Gasteiger partial charge in [0.1, 0.15) is 0 Å². The van der Waals surface area contributed by atoms with Gasteiger partial charge < -0.3 is 5.32 Å². The summed E-state index contributed by atoms with van der Waals surface area (Å²) in [5.74, 6) is 0.258. The third-order valence-electron chi connectivity index (χ3n) is 5.59. The SMILES string of the molecule is C=C=C(S/C(NC1(C2=CCCC(C(F)(F)F)=C2)CC1)=C(\C)c1ccccc1)C(C)C. The van der Waals surface area contributed by atoms with Crippen LogP contribution >= 0.6 is 11.8 Å². The molecule has 0 saturated heterocycles. The first kappa shape index (κ1) is 22.6. The topological polar surface area (TPSA) is 12.0 Å². The Morgan fingerprint density at radius 3 is 2.40 bits per heavy atom. The van der Waals surface area contributed by atoms with Gasteiger partial charge in [-0.25, -0.2) is 0 Å². The number of alkyl halides is 3. The predicted molar refractivity (Wildman–Crippen MR) is 121 cm³/mol. The lowest BCUT2D eigenvalue weighted by Crippen LogP contribution is -2.33. The molecule has 1 aromatic rings. The van der Waals surface area contributed by atoms with Crippen molar-refractivity contribution in [2.75, 3.05) is 0 Å². The highest BCUT2D eigenvalue weighted by Gasteiger charge is 2.48. The molecule has 0 bridgehead atoms. The molecular weight excluding hydrogens is 403 g/mol. The zero-order valence-electron chi connectivity index (χ0n) is 17.7. The summed E-state index contributed by atoms with van der Waals surface area (Å²) in [6.07, 6.45) is 1.18. The first-order valence-corrected chi connectivity index (χ1v) is 11.1. The van der Waals surface area contributed by atoms with Gasteiger partial charge in [0, 0.05) is 10.5 Å². The van der Waals surface area contributed by atoms with Crippen LogP contribution in [0.1, 0.15) is 52.0 Å². The van der Waals surface area contributed by atoms with Gasteiger partial charge in [0.05, 0.1) is 10.6 Å². The molecule has 0 aromatic heterocycles. The van der Waals surface area contributed by atoms with Crippen molar-refractivity contribution in [3.63, 3.8) is 0 Å². The van der Waals surface area contributed by atoms with Crippen molar-refractivity contribution < 1.29 is 13.2 Å². The van der Waals surface area contributed by atoms with E-state index in [4.69, 9.17) is 0 Å². The van der Waals surface area contributed by atoms with Crippen molar-refractivity contribution in [2.24, 2.45) is 5.92 Å². The number of halogens is 3. The molecule has 1 aromatic carbocycles. The lowest BCUT2D eigenvalue weighted by molar-refractivity contribution is -0.0941. The van der Waals surface area contributed by atoms with E-state index >= 15 is 0 Å². The summed E-state index contributed by atoms with van der Waals surface area (Å²) in [7, 11) is 0. The molecule has 1 N–H and O–H groups in total. The molecule has 0 heterocycles. The first-order chi connectivity index (χ1) is 14.2. The summed E-state index contributed by atoms with van der Waals surface area (Å²) in [5.41, 5.74) is 5.08. The average Bonchev–Trinajstić information content (AvgIpc) is 3.51. The van der Waals surface area contributed by atoms with Crippen molar-refractivity contribution >= 4 is 17.3 Å². The molecule has 0 radical (unpaired) electrons. The summed E-state index contributed by atoms with van der Waals surface area (Å²) in [4.78, 5) is 1.01. The Hall–Kier alpha value is -2.10. The maximum atomic E-state index is 13.3. The molecule has 2 aliphatic rings. The van der Waals surface area contributed by atoms with Gasteiger partial charge in [0.2, 0.25) is 0 Å². The third kappa shape index (κ3) is 5.14. The summed E-state index contributed by atoms with van der Waals surface area (Å²) >= 11 is 1.58. The molecule has 1 nitrogen and oxygen atoms in total. The minimum Gasteiger partial charge on any atom is -0.370 e. The monoisotopic (exact) mass is 431 g/mol. The van der Waals surface area contributed by atoms with Gasteiger partial charge >= 0.3 is 6.18 Å². The summed E-state index contributed by atoms with van der Waals surface area (Å²) in [6.45, 7) is 10.1. The van der Waals surface area contributed by atoms with Crippen molar-refractivity contribution in [3.05, 3.63) is 81.4 Å². The molecule has 5 heteroatoms. The van der Waals surface area contributed by atoms with E-state index in [1.165, 1.54) is 6.08 Å². The summed E-state index contributed by atoms with van der Waals surface area (Å²) in [6, 6.07) is 10.0. The molecule has 0 atom stereocenters. The van der Waals surface area contributed by atoms with Crippen LogP contribution in [-0.4, -0.2) is 11.7 Å². The van der Waals surface area contributed by atoms with Crippen molar-refractivity contribution in [2.45, 2.75) is 58.2 Å². The second-order valence-electron chi connectivity index (χ2n) is 8.19. The Kier molecular flexibility index (Phi) is 6.74. The van der Waals surface area contributed by atoms with Crippen LogP contribution in [0.2, 0.25) is 0 Å². The minimum absolute atomic E-state index is 0.0558. The van der Waals surface area contributed by atoms with Gasteiger partial charge in [0.15, 0.2) is 0 Å².